The van der Waals surface area contributed by atoms with E-state index in [9.17, 15) is 9.59 Å². The van der Waals surface area contributed by atoms with Crippen molar-refractivity contribution in [2.45, 2.75) is 0 Å². The Bertz CT molecular complexity index is 1390. The summed E-state index contributed by atoms with van der Waals surface area (Å²) in [6, 6.07) is 20.3. The third-order valence-electron chi connectivity index (χ3n) is 5.78. The van der Waals surface area contributed by atoms with Crippen molar-refractivity contribution in [1.82, 2.24) is 14.5 Å². The second-order valence-corrected chi connectivity index (χ2v) is 8.08. The van der Waals surface area contributed by atoms with Crippen LogP contribution in [0.25, 0.3) is 16.6 Å². The van der Waals surface area contributed by atoms with Gasteiger partial charge in [-0.05, 0) is 54.7 Å². The first-order valence-electron chi connectivity index (χ1n) is 10.5. The molecule has 4 aromatic rings. The molecule has 160 valence electrons. The van der Waals surface area contributed by atoms with Crippen LogP contribution in [-0.4, -0.2) is 46.5 Å². The van der Waals surface area contributed by atoms with Gasteiger partial charge in [-0.3, -0.25) is 19.1 Å². The predicted octanol–water partition coefficient (Wildman–Crippen LogP) is 2.82. The van der Waals surface area contributed by atoms with Crippen molar-refractivity contribution < 1.29 is 9.78 Å². The number of para-hydroxylation sites is 1. The van der Waals surface area contributed by atoms with Gasteiger partial charge >= 0.3 is 0 Å². The molecule has 32 heavy (non-hydrogen) atoms. The van der Waals surface area contributed by atoms with Crippen LogP contribution in [0.2, 0.25) is 0 Å². The molecule has 1 aliphatic heterocycles. The van der Waals surface area contributed by atoms with E-state index in [0.29, 0.717) is 40.0 Å². The summed E-state index contributed by atoms with van der Waals surface area (Å²) in [7, 11) is 0. The zero-order valence-electron chi connectivity index (χ0n) is 17.3. The second kappa shape index (κ2) is 8.39. The number of hydrogen-bond donors (Lipinski definition) is 1. The Morgan fingerprint density at radius 1 is 0.906 bits per heavy atom. The first-order chi connectivity index (χ1) is 15.6. The fourth-order valence-corrected chi connectivity index (χ4v) is 4.36. The molecule has 2 N–H and O–H groups in total. The molecular formula is C24H22N5O2S+. The number of carbonyl (C=O) groups excluding carboxylic acids is 1. The van der Waals surface area contributed by atoms with Gasteiger partial charge in [-0.15, -0.1) is 0 Å². The topological polar surface area (TPSA) is 75.5 Å². The largest absolute Gasteiger partial charge is 0.331 e. The second-order valence-electron chi connectivity index (χ2n) is 7.69. The van der Waals surface area contributed by atoms with E-state index in [1.807, 2.05) is 47.5 Å². The SMILES string of the molecule is O=C(c1ccc(-n2c(=S)[nH]c3ccccc3c2=O)cc1)N1CCN(c2cccc[nH+]2)CC1. The molecule has 5 rings (SSSR count). The summed E-state index contributed by atoms with van der Waals surface area (Å²) in [5.74, 6) is 1.05. The predicted molar refractivity (Wildman–Crippen MR) is 126 cm³/mol. The minimum Gasteiger partial charge on any atom is -0.331 e. The van der Waals surface area contributed by atoms with E-state index in [2.05, 4.69) is 14.9 Å². The van der Waals surface area contributed by atoms with Gasteiger partial charge in [0.2, 0.25) is 0 Å². The van der Waals surface area contributed by atoms with Crippen molar-refractivity contribution in [1.29, 1.82) is 0 Å². The molecule has 7 nitrogen and oxygen atoms in total. The van der Waals surface area contributed by atoms with Crippen LogP contribution in [0.15, 0.2) is 77.7 Å². The number of hydrogen-bond acceptors (Lipinski definition) is 4. The minimum atomic E-state index is -0.183. The third-order valence-corrected chi connectivity index (χ3v) is 6.06. The summed E-state index contributed by atoms with van der Waals surface area (Å²) in [6.45, 7) is 2.84. The van der Waals surface area contributed by atoms with E-state index in [0.717, 1.165) is 18.9 Å². The molecule has 0 atom stereocenters. The highest BCUT2D eigenvalue weighted by atomic mass is 32.1. The number of fused-ring (bicyclic) bond motifs is 1. The van der Waals surface area contributed by atoms with E-state index < -0.39 is 0 Å². The average molecular weight is 445 g/mol. The standard InChI is InChI=1S/C24H21N5O2S/c30-22(28-15-13-27(14-16-28)21-7-3-4-12-25-21)17-8-10-18(11-9-17)29-23(31)19-5-1-2-6-20(19)26-24(29)32/h1-12H,13-16H2,(H,26,32)/p+1. The molecule has 8 heteroatoms. The van der Waals surface area contributed by atoms with Crippen LogP contribution in [0.4, 0.5) is 5.82 Å². The molecule has 0 saturated carbocycles. The maximum absolute atomic E-state index is 13.0. The molecule has 0 unspecified atom stereocenters. The lowest BCUT2D eigenvalue weighted by Crippen LogP contribution is -2.50. The van der Waals surface area contributed by atoms with Crippen LogP contribution >= 0.6 is 12.2 Å². The van der Waals surface area contributed by atoms with Gasteiger partial charge in [0.15, 0.2) is 4.77 Å². The van der Waals surface area contributed by atoms with Crippen molar-refractivity contribution in [2.75, 3.05) is 31.1 Å². The van der Waals surface area contributed by atoms with Gasteiger partial charge in [0.1, 0.15) is 13.1 Å². The molecule has 0 radical (unpaired) electrons. The number of nitrogens with zero attached hydrogens (tertiary/aromatic N) is 3. The zero-order chi connectivity index (χ0) is 22.1. The van der Waals surface area contributed by atoms with Gasteiger partial charge in [0.05, 0.1) is 35.9 Å². The molecule has 3 heterocycles. The lowest BCUT2D eigenvalue weighted by molar-refractivity contribution is -0.364. The number of piperazine rings is 1. The molecule has 2 aromatic heterocycles. The number of anilines is 1. The van der Waals surface area contributed by atoms with E-state index >= 15 is 0 Å². The lowest BCUT2D eigenvalue weighted by Gasteiger charge is -2.31. The quantitative estimate of drug-likeness (QED) is 0.493. The first kappa shape index (κ1) is 20.1. The Kier molecular flexibility index (Phi) is 5.28. The van der Waals surface area contributed by atoms with Crippen LogP contribution < -0.4 is 15.4 Å². The molecule has 1 saturated heterocycles. The minimum absolute atomic E-state index is 0.00995. The normalized spacial score (nSPS) is 14.0. The first-order valence-corrected chi connectivity index (χ1v) is 10.9. The molecule has 0 bridgehead atoms. The monoisotopic (exact) mass is 444 g/mol. The Hall–Kier alpha value is -3.78. The van der Waals surface area contributed by atoms with E-state index in [1.54, 1.807) is 30.3 Å². The summed E-state index contributed by atoms with van der Waals surface area (Å²) in [4.78, 5) is 36.4. The van der Waals surface area contributed by atoms with Crippen molar-refractivity contribution in [3.05, 3.63) is 93.6 Å². The Balaban J connectivity index is 1.35. The Morgan fingerprint density at radius 2 is 1.62 bits per heavy atom. The fourth-order valence-electron chi connectivity index (χ4n) is 4.06. The highest BCUT2D eigenvalue weighted by molar-refractivity contribution is 7.71. The summed E-state index contributed by atoms with van der Waals surface area (Å²) >= 11 is 5.41. The zero-order valence-corrected chi connectivity index (χ0v) is 18.1. The van der Waals surface area contributed by atoms with Gasteiger partial charge in [0.25, 0.3) is 17.3 Å². The van der Waals surface area contributed by atoms with Gasteiger partial charge in [-0.25, -0.2) is 4.98 Å². The molecule has 1 fully saturated rings. The number of nitrogens with one attached hydrogen (secondary N) is 2. The van der Waals surface area contributed by atoms with Crippen molar-refractivity contribution in [2.24, 2.45) is 0 Å². The van der Waals surface area contributed by atoms with Crippen LogP contribution in [0.1, 0.15) is 10.4 Å². The summed E-state index contributed by atoms with van der Waals surface area (Å²) in [5.41, 5.74) is 1.75. The highest BCUT2D eigenvalue weighted by Crippen LogP contribution is 2.16. The smallest absolute Gasteiger partial charge is 0.274 e. The maximum Gasteiger partial charge on any atom is 0.274 e. The molecule has 0 aliphatic carbocycles. The maximum atomic E-state index is 13.0. The number of benzene rings is 2. The summed E-state index contributed by atoms with van der Waals surface area (Å²) in [5, 5.41) is 0.565. The van der Waals surface area contributed by atoms with Crippen molar-refractivity contribution >= 4 is 34.8 Å². The van der Waals surface area contributed by atoms with Crippen LogP contribution in [0.5, 0.6) is 0 Å². The molecular weight excluding hydrogens is 422 g/mol. The summed E-state index contributed by atoms with van der Waals surface area (Å²) in [6.07, 6.45) is 1.90. The van der Waals surface area contributed by atoms with Crippen LogP contribution in [0, 0.1) is 4.77 Å². The fraction of sp³-hybridized carbons (Fsp3) is 0.167. The van der Waals surface area contributed by atoms with E-state index in [-0.39, 0.29) is 11.5 Å². The van der Waals surface area contributed by atoms with E-state index in [4.69, 9.17) is 12.2 Å². The third kappa shape index (κ3) is 3.69. The van der Waals surface area contributed by atoms with Crippen molar-refractivity contribution in [3.8, 4) is 5.69 Å². The number of pyridine rings is 1. The van der Waals surface area contributed by atoms with Gasteiger partial charge < -0.3 is 9.88 Å². The molecule has 1 amide bonds. The Labute approximate surface area is 189 Å². The summed E-state index contributed by atoms with van der Waals surface area (Å²) < 4.78 is 1.78. The van der Waals surface area contributed by atoms with Gasteiger partial charge in [0, 0.05) is 11.6 Å². The molecule has 0 spiro atoms. The van der Waals surface area contributed by atoms with E-state index in [1.165, 1.54) is 4.57 Å². The molecule has 2 aromatic carbocycles. The number of amides is 1. The number of rotatable bonds is 3. The van der Waals surface area contributed by atoms with Gasteiger partial charge in [-0.1, -0.05) is 18.2 Å². The number of aromatic amines is 2. The van der Waals surface area contributed by atoms with Crippen LogP contribution in [-0.2, 0) is 0 Å². The highest BCUT2D eigenvalue weighted by Gasteiger charge is 2.26. The Morgan fingerprint density at radius 3 is 2.34 bits per heavy atom. The van der Waals surface area contributed by atoms with Crippen molar-refractivity contribution in [3.63, 3.8) is 0 Å². The average Bonchev–Trinajstić information content (AvgIpc) is 2.85. The van der Waals surface area contributed by atoms with Gasteiger partial charge in [-0.2, -0.15) is 0 Å². The number of H-pyrrole nitrogens is 2. The molecule has 1 aliphatic rings. The lowest BCUT2D eigenvalue weighted by atomic mass is 10.1. The van der Waals surface area contributed by atoms with Crippen LogP contribution in [0.3, 0.4) is 0 Å². The number of carbonyl (C=O) groups is 1. The number of aromatic nitrogens is 3.